The van der Waals surface area contributed by atoms with E-state index in [0.29, 0.717) is 23.0 Å². The average Bonchev–Trinajstić information content (AvgIpc) is 2.92. The smallest absolute Gasteiger partial charge is 0.243 e. The predicted molar refractivity (Wildman–Crippen MR) is 147 cm³/mol. The molecular formula is C30H27Cl2N3O2. The zero-order valence-corrected chi connectivity index (χ0v) is 21.7. The number of carbonyl (C=O) groups is 2. The second-order valence-electron chi connectivity index (χ2n) is 8.74. The molecule has 0 saturated heterocycles. The second-order valence-corrected chi connectivity index (χ2v) is 9.61. The van der Waals surface area contributed by atoms with Gasteiger partial charge in [-0.3, -0.25) is 14.6 Å². The minimum absolute atomic E-state index is 0.145. The molecule has 2 amide bonds. The van der Waals surface area contributed by atoms with Gasteiger partial charge in [-0.2, -0.15) is 0 Å². The van der Waals surface area contributed by atoms with Crippen LogP contribution < -0.4 is 5.32 Å². The van der Waals surface area contributed by atoms with Gasteiger partial charge in [-0.25, -0.2) is 0 Å². The summed E-state index contributed by atoms with van der Waals surface area (Å²) in [5.74, 6) is -0.388. The van der Waals surface area contributed by atoms with E-state index in [9.17, 15) is 9.59 Å². The molecule has 7 heteroatoms. The van der Waals surface area contributed by atoms with Crippen LogP contribution in [0.5, 0.6) is 0 Å². The number of hydrogen-bond donors (Lipinski definition) is 1. The van der Waals surface area contributed by atoms with Crippen molar-refractivity contribution in [1.29, 1.82) is 0 Å². The van der Waals surface area contributed by atoms with E-state index < -0.39 is 6.04 Å². The standard InChI is InChI=1S/C30H27Cl2N3O2/c31-26-12-8-23(9-13-26)18-29(36)35(21-24-10-14-27(32)15-11-24)28(17-22-5-2-1-3-6-22)30(37)34-20-25-7-4-16-33-19-25/h1-16,19,28H,17-18,20-21H2,(H,34,37)/t28-/m0/s1. The molecule has 1 N–H and O–H groups in total. The van der Waals surface area contributed by atoms with E-state index >= 15 is 0 Å². The fourth-order valence-corrected chi connectivity index (χ4v) is 4.28. The molecule has 0 radical (unpaired) electrons. The molecule has 0 aliphatic heterocycles. The van der Waals surface area contributed by atoms with Crippen LogP contribution in [0.2, 0.25) is 10.0 Å². The molecule has 0 unspecified atom stereocenters. The minimum Gasteiger partial charge on any atom is -0.350 e. The van der Waals surface area contributed by atoms with Crippen molar-refractivity contribution >= 4 is 35.0 Å². The Hall–Kier alpha value is -3.67. The first-order valence-electron chi connectivity index (χ1n) is 12.0. The number of benzene rings is 3. The molecule has 4 rings (SSSR count). The van der Waals surface area contributed by atoms with Gasteiger partial charge in [0.1, 0.15) is 6.04 Å². The van der Waals surface area contributed by atoms with E-state index in [1.165, 1.54) is 0 Å². The van der Waals surface area contributed by atoms with Crippen molar-refractivity contribution in [3.8, 4) is 0 Å². The first kappa shape index (κ1) is 26.4. The van der Waals surface area contributed by atoms with Crippen molar-refractivity contribution in [2.45, 2.75) is 32.0 Å². The summed E-state index contributed by atoms with van der Waals surface area (Å²) in [5, 5.41) is 4.22. The van der Waals surface area contributed by atoms with Crippen LogP contribution in [0.4, 0.5) is 0 Å². The highest BCUT2D eigenvalue weighted by atomic mass is 35.5. The highest BCUT2D eigenvalue weighted by molar-refractivity contribution is 6.30. The fraction of sp³-hybridized carbons (Fsp3) is 0.167. The monoisotopic (exact) mass is 531 g/mol. The van der Waals surface area contributed by atoms with Gasteiger partial charge in [-0.05, 0) is 52.6 Å². The number of pyridine rings is 1. The van der Waals surface area contributed by atoms with E-state index in [1.807, 2.05) is 66.7 Å². The lowest BCUT2D eigenvalue weighted by Gasteiger charge is -2.32. The van der Waals surface area contributed by atoms with Crippen LogP contribution in [-0.2, 0) is 35.5 Å². The van der Waals surface area contributed by atoms with E-state index in [-0.39, 0.29) is 24.8 Å². The third-order valence-corrected chi connectivity index (χ3v) is 6.50. The molecule has 37 heavy (non-hydrogen) atoms. The average molecular weight is 532 g/mol. The Morgan fingerprint density at radius 2 is 1.38 bits per heavy atom. The number of nitrogens with zero attached hydrogens (tertiary/aromatic N) is 2. The van der Waals surface area contributed by atoms with Crippen molar-refractivity contribution < 1.29 is 9.59 Å². The third kappa shape index (κ3) is 7.91. The molecule has 0 aliphatic rings. The molecule has 0 spiro atoms. The van der Waals surface area contributed by atoms with Gasteiger partial charge in [0.2, 0.25) is 11.8 Å². The Labute approximate surface area is 227 Å². The third-order valence-electron chi connectivity index (χ3n) is 6.00. The molecule has 5 nitrogen and oxygen atoms in total. The molecule has 1 heterocycles. The predicted octanol–water partition coefficient (Wildman–Crippen LogP) is 5.89. The number of halogens is 2. The SMILES string of the molecule is O=C(NCc1cccnc1)[C@H](Cc1ccccc1)N(Cc1ccc(Cl)cc1)C(=O)Cc1ccc(Cl)cc1. The van der Waals surface area contributed by atoms with E-state index in [1.54, 1.807) is 41.6 Å². The van der Waals surface area contributed by atoms with Crippen LogP contribution in [0.25, 0.3) is 0 Å². The molecule has 0 fully saturated rings. The first-order valence-corrected chi connectivity index (χ1v) is 12.7. The minimum atomic E-state index is -0.727. The maximum atomic E-state index is 13.8. The van der Waals surface area contributed by atoms with Crippen molar-refractivity contribution in [2.24, 2.45) is 0 Å². The Morgan fingerprint density at radius 1 is 0.757 bits per heavy atom. The zero-order chi connectivity index (χ0) is 26.0. The van der Waals surface area contributed by atoms with Crippen LogP contribution in [0.15, 0.2) is 103 Å². The lowest BCUT2D eigenvalue weighted by atomic mass is 10.0. The lowest BCUT2D eigenvalue weighted by Crippen LogP contribution is -2.50. The van der Waals surface area contributed by atoms with E-state index in [4.69, 9.17) is 23.2 Å². The molecule has 0 bridgehead atoms. The summed E-state index contributed by atoms with van der Waals surface area (Å²) >= 11 is 12.1. The highest BCUT2D eigenvalue weighted by Gasteiger charge is 2.30. The summed E-state index contributed by atoms with van der Waals surface area (Å²) < 4.78 is 0. The summed E-state index contributed by atoms with van der Waals surface area (Å²) in [4.78, 5) is 33.2. The Balaban J connectivity index is 1.64. The van der Waals surface area contributed by atoms with Gasteiger partial charge in [-0.15, -0.1) is 0 Å². The quantitative estimate of drug-likeness (QED) is 0.277. The molecule has 188 valence electrons. The zero-order valence-electron chi connectivity index (χ0n) is 20.2. The lowest BCUT2D eigenvalue weighted by molar-refractivity contribution is -0.140. The molecule has 1 atom stereocenters. The highest BCUT2D eigenvalue weighted by Crippen LogP contribution is 2.19. The maximum absolute atomic E-state index is 13.8. The number of hydrogen-bond acceptors (Lipinski definition) is 3. The number of amides is 2. The van der Waals surface area contributed by atoms with E-state index in [0.717, 1.165) is 22.3 Å². The van der Waals surface area contributed by atoms with Crippen LogP contribution in [0.1, 0.15) is 22.3 Å². The Kier molecular flexibility index (Phi) is 9.30. The number of nitrogens with one attached hydrogen (secondary N) is 1. The maximum Gasteiger partial charge on any atom is 0.243 e. The van der Waals surface area contributed by atoms with Gasteiger partial charge in [-0.1, -0.05) is 83.9 Å². The van der Waals surface area contributed by atoms with Crippen molar-refractivity contribution in [3.05, 3.63) is 136 Å². The van der Waals surface area contributed by atoms with Crippen molar-refractivity contribution in [2.75, 3.05) is 0 Å². The van der Waals surface area contributed by atoms with Crippen molar-refractivity contribution in [3.63, 3.8) is 0 Å². The van der Waals surface area contributed by atoms with Gasteiger partial charge < -0.3 is 10.2 Å². The van der Waals surface area contributed by atoms with Gasteiger partial charge in [0, 0.05) is 41.9 Å². The fourth-order valence-electron chi connectivity index (χ4n) is 4.03. The Morgan fingerprint density at radius 3 is 2.00 bits per heavy atom. The first-order chi connectivity index (χ1) is 18.0. The largest absolute Gasteiger partial charge is 0.350 e. The van der Waals surface area contributed by atoms with Crippen LogP contribution in [0.3, 0.4) is 0 Å². The topological polar surface area (TPSA) is 62.3 Å². The normalized spacial score (nSPS) is 11.5. The molecular weight excluding hydrogens is 505 g/mol. The summed E-state index contributed by atoms with van der Waals surface area (Å²) in [6.45, 7) is 0.583. The summed E-state index contributed by atoms with van der Waals surface area (Å²) in [6.07, 6.45) is 3.92. The number of carbonyl (C=O) groups excluding carboxylic acids is 2. The summed E-state index contributed by atoms with van der Waals surface area (Å²) in [7, 11) is 0. The van der Waals surface area contributed by atoms with Gasteiger partial charge >= 0.3 is 0 Å². The number of aromatic nitrogens is 1. The van der Waals surface area contributed by atoms with Gasteiger partial charge in [0.05, 0.1) is 6.42 Å². The van der Waals surface area contributed by atoms with Crippen LogP contribution in [0, 0.1) is 0 Å². The van der Waals surface area contributed by atoms with Crippen LogP contribution in [-0.4, -0.2) is 27.7 Å². The van der Waals surface area contributed by atoms with E-state index in [2.05, 4.69) is 10.3 Å². The van der Waals surface area contributed by atoms with Crippen molar-refractivity contribution in [1.82, 2.24) is 15.2 Å². The molecule has 4 aromatic rings. The van der Waals surface area contributed by atoms with Gasteiger partial charge in [0.15, 0.2) is 0 Å². The molecule has 3 aromatic carbocycles. The van der Waals surface area contributed by atoms with Gasteiger partial charge in [0.25, 0.3) is 0 Å². The molecule has 1 aromatic heterocycles. The Bertz CT molecular complexity index is 1300. The van der Waals surface area contributed by atoms with Crippen LogP contribution >= 0.6 is 23.2 Å². The second kappa shape index (κ2) is 13.0. The number of rotatable bonds is 10. The summed E-state index contributed by atoms with van der Waals surface area (Å²) in [6, 6.07) is 27.2. The molecule has 0 saturated carbocycles. The summed E-state index contributed by atoms with van der Waals surface area (Å²) in [5.41, 5.74) is 3.55. The molecule has 0 aliphatic carbocycles.